The Morgan fingerprint density at radius 2 is 1.78 bits per heavy atom. The summed E-state index contributed by atoms with van der Waals surface area (Å²) >= 11 is 14.2. The van der Waals surface area contributed by atoms with E-state index >= 15 is 0 Å². The van der Waals surface area contributed by atoms with Gasteiger partial charge < -0.3 is 29.0 Å². The van der Waals surface area contributed by atoms with E-state index in [0.29, 0.717) is 52.9 Å². The molecule has 1 fully saturated rings. The molecule has 3 heterocycles. The summed E-state index contributed by atoms with van der Waals surface area (Å²) in [7, 11) is 5.17. The lowest BCUT2D eigenvalue weighted by Gasteiger charge is -2.32. The van der Waals surface area contributed by atoms with Gasteiger partial charge in [-0.1, -0.05) is 53.5 Å². The van der Waals surface area contributed by atoms with E-state index in [-0.39, 0.29) is 33.9 Å². The SMILES string of the molecule is COc1ccc([C@H](Cc2c(Cl)c[n+](O)cc2Cl)c2cc(CNC3(C(=O)OCC4CCN(C)CC4)CCc4ccccc43)sc2C(=O)[O-])cc1OC. The Hall–Kier alpha value is -3.87. The number of rotatable bonds is 13. The van der Waals surface area contributed by atoms with Crippen molar-refractivity contribution in [2.75, 3.05) is 41.0 Å². The van der Waals surface area contributed by atoms with Crippen LogP contribution in [0.25, 0.3) is 0 Å². The van der Waals surface area contributed by atoms with Crippen LogP contribution in [0.5, 0.6) is 11.5 Å². The monoisotopic (exact) mass is 753 g/mol. The van der Waals surface area contributed by atoms with Crippen LogP contribution >= 0.6 is 34.5 Å². The van der Waals surface area contributed by atoms with Gasteiger partial charge in [0.1, 0.15) is 15.6 Å². The van der Waals surface area contributed by atoms with E-state index in [1.54, 1.807) is 12.1 Å². The number of likely N-dealkylation sites (tertiary alicyclic amines) is 1. The van der Waals surface area contributed by atoms with Crippen LogP contribution in [-0.2, 0) is 34.5 Å². The van der Waals surface area contributed by atoms with Gasteiger partial charge in [-0.05, 0) is 98.6 Å². The average molecular weight is 755 g/mol. The predicted octanol–water partition coefficient (Wildman–Crippen LogP) is 5.15. The standard InChI is InChI=1S/C38H41Cl2N3O7S/c1-42-14-11-23(12-15-42)22-50-37(46)38(13-10-24-6-4-5-7-30(24)38)41-19-26-17-28(35(51-26)36(44)45)27(18-29-31(39)20-43(47)21-32(29)40)25-8-9-33(48-2)34(16-25)49-3/h4-9,16-17,20-21,23,27,41H,10-15,18-19,22H2,1-3H3,(H-,44,45,47)/t27-,38?/m0/s1. The number of carboxylic acid groups (broad SMARTS) is 1. The lowest BCUT2D eigenvalue weighted by molar-refractivity contribution is -0.904. The maximum atomic E-state index is 14.1. The van der Waals surface area contributed by atoms with Crippen molar-refractivity contribution < 1.29 is 38.8 Å². The highest BCUT2D eigenvalue weighted by Crippen LogP contribution is 2.42. The molecule has 4 aromatic rings. The van der Waals surface area contributed by atoms with Crippen LogP contribution in [0.3, 0.4) is 0 Å². The number of thiophene rings is 1. The molecule has 0 spiro atoms. The Balaban J connectivity index is 1.34. The number of aryl methyl sites for hydroxylation is 1. The topological polar surface area (TPSA) is 124 Å². The number of aromatic carboxylic acids is 1. The van der Waals surface area contributed by atoms with Crippen molar-refractivity contribution in [3.63, 3.8) is 0 Å². The molecule has 2 aliphatic rings. The number of pyridine rings is 1. The minimum atomic E-state index is -1.33. The van der Waals surface area contributed by atoms with Gasteiger partial charge in [0, 0.05) is 27.6 Å². The number of ether oxygens (including phenoxy) is 3. The summed E-state index contributed by atoms with van der Waals surface area (Å²) in [5, 5.41) is 26.7. The molecule has 0 amide bonds. The molecule has 51 heavy (non-hydrogen) atoms. The Kier molecular flexibility index (Phi) is 11.4. The molecule has 6 rings (SSSR count). The molecule has 10 nitrogen and oxygen atoms in total. The molecule has 1 saturated heterocycles. The molecule has 2 aromatic carbocycles. The fourth-order valence-corrected chi connectivity index (χ4v) is 8.84. The zero-order valence-electron chi connectivity index (χ0n) is 28.7. The molecule has 1 aliphatic carbocycles. The number of carboxylic acids is 1. The van der Waals surface area contributed by atoms with E-state index in [4.69, 9.17) is 37.4 Å². The third-order valence-corrected chi connectivity index (χ3v) is 11.9. The van der Waals surface area contributed by atoms with E-state index in [2.05, 4.69) is 17.3 Å². The second-order valence-corrected chi connectivity index (χ2v) is 15.2. The first-order chi connectivity index (χ1) is 24.5. The van der Waals surface area contributed by atoms with E-state index in [9.17, 15) is 19.9 Å². The first-order valence-corrected chi connectivity index (χ1v) is 18.4. The molecule has 0 saturated carbocycles. The number of carbonyl (C=O) groups excluding carboxylic acids is 2. The maximum absolute atomic E-state index is 14.1. The van der Waals surface area contributed by atoms with Crippen LogP contribution in [0, 0.1) is 5.92 Å². The normalized spacial score (nSPS) is 18.3. The molecule has 0 radical (unpaired) electrons. The Morgan fingerprint density at radius 3 is 2.47 bits per heavy atom. The van der Waals surface area contributed by atoms with Gasteiger partial charge in [0.2, 0.25) is 12.4 Å². The quantitative estimate of drug-likeness (QED) is 0.108. The summed E-state index contributed by atoms with van der Waals surface area (Å²) in [4.78, 5) is 29.8. The Bertz CT molecular complexity index is 1890. The van der Waals surface area contributed by atoms with E-state index in [0.717, 1.165) is 58.7 Å². The van der Waals surface area contributed by atoms with Crippen molar-refractivity contribution >= 4 is 46.5 Å². The minimum absolute atomic E-state index is 0.0395. The maximum Gasteiger partial charge on any atom is 0.331 e. The number of nitrogens with zero attached hydrogens (tertiary/aromatic N) is 2. The number of halogens is 2. The van der Waals surface area contributed by atoms with Gasteiger partial charge in [0.05, 0.1) is 31.7 Å². The van der Waals surface area contributed by atoms with Crippen molar-refractivity contribution in [1.82, 2.24) is 10.2 Å². The predicted molar refractivity (Wildman–Crippen MR) is 192 cm³/mol. The van der Waals surface area contributed by atoms with Gasteiger partial charge in [-0.15, -0.1) is 11.3 Å². The third-order valence-electron chi connectivity index (χ3n) is 10.1. The average Bonchev–Trinajstić information content (AvgIpc) is 3.72. The number of hydrogen-bond acceptors (Lipinski definition) is 10. The number of hydrogen-bond donors (Lipinski definition) is 2. The smallest absolute Gasteiger partial charge is 0.331 e. The van der Waals surface area contributed by atoms with Gasteiger partial charge in [0.25, 0.3) is 0 Å². The summed E-state index contributed by atoms with van der Waals surface area (Å²) in [6.07, 6.45) is 6.02. The van der Waals surface area contributed by atoms with Crippen LogP contribution in [-0.4, -0.2) is 63.0 Å². The number of carbonyl (C=O) groups is 2. The molecule has 2 aromatic heterocycles. The fourth-order valence-electron chi connectivity index (χ4n) is 7.24. The Labute approximate surface area is 311 Å². The number of esters is 1. The number of benzene rings is 2. The number of fused-ring (bicyclic) bond motifs is 1. The van der Waals surface area contributed by atoms with Gasteiger partial charge in [-0.3, -0.25) is 10.5 Å². The number of methoxy groups -OCH3 is 2. The third kappa shape index (κ3) is 7.83. The highest BCUT2D eigenvalue weighted by Gasteiger charge is 2.46. The second-order valence-electron chi connectivity index (χ2n) is 13.2. The van der Waals surface area contributed by atoms with E-state index in [1.807, 2.05) is 36.4 Å². The van der Waals surface area contributed by atoms with Gasteiger partial charge in [-0.2, -0.15) is 0 Å². The summed E-state index contributed by atoms with van der Waals surface area (Å²) in [6.45, 7) is 2.53. The molecule has 1 unspecified atom stereocenters. The molecule has 2 atom stereocenters. The molecule has 1 aliphatic heterocycles. The molecular weight excluding hydrogens is 713 g/mol. The van der Waals surface area contributed by atoms with Crippen molar-refractivity contribution in [2.45, 2.75) is 50.1 Å². The Morgan fingerprint density at radius 1 is 1.08 bits per heavy atom. The van der Waals surface area contributed by atoms with Crippen molar-refractivity contribution in [3.05, 3.63) is 109 Å². The summed E-state index contributed by atoms with van der Waals surface area (Å²) < 4.78 is 17.9. The van der Waals surface area contributed by atoms with Crippen LogP contribution < -0.4 is 24.6 Å². The fraction of sp³-hybridized carbons (Fsp3) is 0.395. The zero-order chi connectivity index (χ0) is 36.3. The van der Waals surface area contributed by atoms with Gasteiger partial charge in [0.15, 0.2) is 11.5 Å². The van der Waals surface area contributed by atoms with Crippen molar-refractivity contribution in [3.8, 4) is 11.5 Å². The van der Waals surface area contributed by atoms with Gasteiger partial charge in [-0.25, -0.2) is 4.79 Å². The number of piperidine rings is 1. The molecular formula is C38H41Cl2N3O7S. The van der Waals surface area contributed by atoms with E-state index < -0.39 is 17.4 Å². The lowest BCUT2D eigenvalue weighted by atomic mass is 9.85. The largest absolute Gasteiger partial charge is 0.544 e. The molecule has 2 N–H and O–H groups in total. The molecule has 270 valence electrons. The molecule has 13 heteroatoms. The van der Waals surface area contributed by atoms with Crippen molar-refractivity contribution in [2.24, 2.45) is 5.92 Å². The van der Waals surface area contributed by atoms with E-state index in [1.165, 1.54) is 26.6 Å². The highest BCUT2D eigenvalue weighted by atomic mass is 35.5. The second kappa shape index (κ2) is 15.8. The minimum Gasteiger partial charge on any atom is -0.544 e. The molecule has 0 bridgehead atoms. The first-order valence-electron chi connectivity index (χ1n) is 16.9. The highest BCUT2D eigenvalue weighted by molar-refractivity contribution is 7.14. The number of aromatic nitrogens is 1. The van der Waals surface area contributed by atoms with Crippen LogP contribution in [0.2, 0.25) is 10.0 Å². The lowest BCUT2D eigenvalue weighted by Crippen LogP contribution is -2.48. The van der Waals surface area contributed by atoms with Crippen LogP contribution in [0.15, 0.2) is 60.9 Å². The summed E-state index contributed by atoms with van der Waals surface area (Å²) in [5.74, 6) is -0.937. The van der Waals surface area contributed by atoms with Crippen LogP contribution in [0.4, 0.5) is 0 Å². The first kappa shape index (κ1) is 36.9. The summed E-state index contributed by atoms with van der Waals surface area (Å²) in [5.41, 5.74) is 2.61. The van der Waals surface area contributed by atoms with Gasteiger partial charge >= 0.3 is 5.97 Å². The van der Waals surface area contributed by atoms with Crippen LogP contribution in [0.1, 0.15) is 67.5 Å². The number of nitrogens with one attached hydrogen (secondary N) is 1. The zero-order valence-corrected chi connectivity index (χ0v) is 31.1. The summed E-state index contributed by atoms with van der Waals surface area (Å²) in [6, 6.07) is 15.1. The van der Waals surface area contributed by atoms with Crippen molar-refractivity contribution in [1.29, 1.82) is 0 Å².